The van der Waals surface area contributed by atoms with Crippen molar-refractivity contribution in [3.05, 3.63) is 65.4 Å². The van der Waals surface area contributed by atoms with Gasteiger partial charge in [0.25, 0.3) is 5.95 Å². The van der Waals surface area contributed by atoms with Crippen molar-refractivity contribution in [3.63, 3.8) is 0 Å². The molecular formula is C22H22ClN7O2. The summed E-state index contributed by atoms with van der Waals surface area (Å²) >= 11 is 5.91. The van der Waals surface area contributed by atoms with Gasteiger partial charge in [-0.3, -0.25) is 4.79 Å². The lowest BCUT2D eigenvalue weighted by molar-refractivity contribution is -0.116. The van der Waals surface area contributed by atoms with Crippen LogP contribution in [-0.2, 0) is 16.6 Å². The van der Waals surface area contributed by atoms with E-state index in [9.17, 15) is 4.79 Å². The molecule has 0 bridgehead atoms. The molecule has 0 aliphatic carbocycles. The van der Waals surface area contributed by atoms with Gasteiger partial charge < -0.3 is 9.84 Å². The highest BCUT2D eigenvalue weighted by Gasteiger charge is 2.22. The first-order valence-corrected chi connectivity index (χ1v) is 10.4. The maximum Gasteiger partial charge on any atom is 0.252 e. The topological polar surface area (TPSA) is 112 Å². The Kier molecular flexibility index (Phi) is 6.00. The number of anilines is 1. The molecule has 3 heterocycles. The Morgan fingerprint density at radius 2 is 1.88 bits per heavy atom. The molecule has 0 atom stereocenters. The van der Waals surface area contributed by atoms with Gasteiger partial charge in [-0.25, -0.2) is 9.97 Å². The van der Waals surface area contributed by atoms with Crippen LogP contribution in [0.25, 0.3) is 17.3 Å². The lowest BCUT2D eigenvalue weighted by atomic mass is 9.92. The zero-order chi connectivity index (χ0) is 22.7. The normalized spacial score (nSPS) is 11.5. The Morgan fingerprint density at radius 1 is 1.16 bits per heavy atom. The van der Waals surface area contributed by atoms with Crippen LogP contribution in [-0.4, -0.2) is 35.8 Å². The van der Waals surface area contributed by atoms with Crippen molar-refractivity contribution in [1.82, 2.24) is 29.9 Å². The summed E-state index contributed by atoms with van der Waals surface area (Å²) in [5.41, 5.74) is 1.39. The van der Waals surface area contributed by atoms with E-state index in [1.807, 2.05) is 39.0 Å². The van der Waals surface area contributed by atoms with E-state index in [1.54, 1.807) is 30.6 Å². The SMILES string of the molecule is CC(C)(C)c1cc(NC(=O)CCc2nc(-c3ccc(Cl)cc3)no2)n(-c2ncccn2)n1. The molecule has 0 aliphatic rings. The number of halogens is 1. The van der Waals surface area contributed by atoms with E-state index in [0.29, 0.717) is 34.9 Å². The molecule has 0 aliphatic heterocycles. The van der Waals surface area contributed by atoms with Crippen molar-refractivity contribution < 1.29 is 9.32 Å². The van der Waals surface area contributed by atoms with Crippen molar-refractivity contribution >= 4 is 23.3 Å². The molecule has 0 unspecified atom stereocenters. The van der Waals surface area contributed by atoms with Crippen LogP contribution in [0.4, 0.5) is 5.82 Å². The fourth-order valence-electron chi connectivity index (χ4n) is 2.89. The number of hydrogen-bond donors (Lipinski definition) is 1. The van der Waals surface area contributed by atoms with Crippen LogP contribution >= 0.6 is 11.6 Å². The number of hydrogen-bond acceptors (Lipinski definition) is 7. The number of carbonyl (C=O) groups is 1. The van der Waals surface area contributed by atoms with Gasteiger partial charge in [0.05, 0.1) is 5.69 Å². The monoisotopic (exact) mass is 451 g/mol. The minimum Gasteiger partial charge on any atom is -0.339 e. The van der Waals surface area contributed by atoms with Gasteiger partial charge in [0.2, 0.25) is 17.6 Å². The third-order valence-corrected chi connectivity index (χ3v) is 4.88. The summed E-state index contributed by atoms with van der Waals surface area (Å²) in [5.74, 6) is 1.49. The molecule has 164 valence electrons. The summed E-state index contributed by atoms with van der Waals surface area (Å²) in [4.78, 5) is 25.5. The van der Waals surface area contributed by atoms with Gasteiger partial charge in [0, 0.05) is 47.3 Å². The molecule has 0 radical (unpaired) electrons. The Balaban J connectivity index is 1.45. The second kappa shape index (κ2) is 8.88. The number of rotatable bonds is 6. The number of aryl methyl sites for hydroxylation is 1. The third kappa shape index (κ3) is 5.00. The van der Waals surface area contributed by atoms with Gasteiger partial charge in [-0.05, 0) is 30.3 Å². The van der Waals surface area contributed by atoms with E-state index in [2.05, 4.69) is 30.5 Å². The predicted molar refractivity (Wildman–Crippen MR) is 120 cm³/mol. The molecule has 0 fully saturated rings. The molecule has 1 aromatic carbocycles. The average molecular weight is 452 g/mol. The van der Waals surface area contributed by atoms with Crippen molar-refractivity contribution in [2.24, 2.45) is 0 Å². The highest BCUT2D eigenvalue weighted by Crippen LogP contribution is 2.25. The van der Waals surface area contributed by atoms with Gasteiger partial charge in [0.1, 0.15) is 5.82 Å². The minimum atomic E-state index is -0.214. The Labute approximate surface area is 189 Å². The number of aromatic nitrogens is 6. The predicted octanol–water partition coefficient (Wildman–Crippen LogP) is 4.23. The van der Waals surface area contributed by atoms with Gasteiger partial charge >= 0.3 is 0 Å². The van der Waals surface area contributed by atoms with Crippen LogP contribution < -0.4 is 5.32 Å². The molecule has 9 nitrogen and oxygen atoms in total. The zero-order valence-corrected chi connectivity index (χ0v) is 18.7. The van der Waals surface area contributed by atoms with Crippen LogP contribution in [0.1, 0.15) is 38.8 Å². The number of nitrogens with one attached hydrogen (secondary N) is 1. The maximum absolute atomic E-state index is 12.6. The van der Waals surface area contributed by atoms with Gasteiger partial charge in [-0.2, -0.15) is 14.8 Å². The summed E-state index contributed by atoms with van der Waals surface area (Å²) in [6, 6.07) is 10.7. The highest BCUT2D eigenvalue weighted by atomic mass is 35.5. The number of benzene rings is 1. The maximum atomic E-state index is 12.6. The van der Waals surface area contributed by atoms with Gasteiger partial charge in [0.15, 0.2) is 0 Å². The Morgan fingerprint density at radius 3 is 2.56 bits per heavy atom. The molecular weight excluding hydrogens is 430 g/mol. The van der Waals surface area contributed by atoms with Crippen molar-refractivity contribution in [2.75, 3.05) is 5.32 Å². The second-order valence-corrected chi connectivity index (χ2v) is 8.63. The summed E-state index contributed by atoms with van der Waals surface area (Å²) in [6.45, 7) is 6.14. The van der Waals surface area contributed by atoms with Gasteiger partial charge in [-0.15, -0.1) is 0 Å². The van der Waals surface area contributed by atoms with Crippen LogP contribution in [0.3, 0.4) is 0 Å². The molecule has 1 amide bonds. The summed E-state index contributed by atoms with van der Waals surface area (Å²) in [7, 11) is 0. The largest absolute Gasteiger partial charge is 0.339 e. The van der Waals surface area contributed by atoms with Crippen molar-refractivity contribution in [3.8, 4) is 17.3 Å². The average Bonchev–Trinajstić information content (AvgIpc) is 3.41. The smallest absolute Gasteiger partial charge is 0.252 e. The molecule has 3 aromatic heterocycles. The summed E-state index contributed by atoms with van der Waals surface area (Å²) < 4.78 is 6.81. The standard InChI is InChI=1S/C22H22ClN7O2/c1-22(2,3)16-13-17(30(28-16)21-24-11-4-12-25-21)26-18(31)9-10-19-27-20(29-32-19)14-5-7-15(23)8-6-14/h4-8,11-13H,9-10H2,1-3H3,(H,26,31). The van der Waals surface area contributed by atoms with Crippen molar-refractivity contribution in [1.29, 1.82) is 0 Å². The third-order valence-electron chi connectivity index (χ3n) is 4.62. The first-order valence-electron chi connectivity index (χ1n) is 10.1. The molecule has 0 saturated carbocycles. The fourth-order valence-corrected chi connectivity index (χ4v) is 3.01. The zero-order valence-electron chi connectivity index (χ0n) is 17.9. The number of nitrogens with zero attached hydrogens (tertiary/aromatic N) is 6. The number of amides is 1. The molecule has 0 saturated heterocycles. The van der Waals surface area contributed by atoms with Gasteiger partial charge in [-0.1, -0.05) is 37.5 Å². The lowest BCUT2D eigenvalue weighted by Crippen LogP contribution is -2.16. The lowest BCUT2D eigenvalue weighted by Gasteiger charge is -2.13. The minimum absolute atomic E-state index is 0.161. The van der Waals surface area contributed by atoms with Crippen LogP contribution in [0.2, 0.25) is 5.02 Å². The second-order valence-electron chi connectivity index (χ2n) is 8.19. The molecule has 32 heavy (non-hydrogen) atoms. The van der Waals surface area contributed by atoms with E-state index in [4.69, 9.17) is 16.1 Å². The fraction of sp³-hybridized carbons (Fsp3) is 0.273. The van der Waals surface area contributed by atoms with E-state index in [1.165, 1.54) is 4.68 Å². The van der Waals surface area contributed by atoms with Crippen LogP contribution in [0, 0.1) is 0 Å². The first-order chi connectivity index (χ1) is 15.3. The Bertz CT molecular complexity index is 1210. The van der Waals surface area contributed by atoms with Crippen LogP contribution in [0.5, 0.6) is 0 Å². The van der Waals surface area contributed by atoms with E-state index in [-0.39, 0.29) is 17.7 Å². The van der Waals surface area contributed by atoms with E-state index >= 15 is 0 Å². The summed E-state index contributed by atoms with van der Waals surface area (Å²) in [6.07, 6.45) is 3.71. The van der Waals surface area contributed by atoms with E-state index < -0.39 is 0 Å². The van der Waals surface area contributed by atoms with E-state index in [0.717, 1.165) is 11.3 Å². The number of carbonyl (C=O) groups excluding carboxylic acids is 1. The first kappa shape index (κ1) is 21.6. The quantitative estimate of drug-likeness (QED) is 0.466. The summed E-state index contributed by atoms with van der Waals surface area (Å²) in [5, 5.41) is 12.1. The molecule has 0 spiro atoms. The van der Waals surface area contributed by atoms with Crippen LogP contribution in [0.15, 0.2) is 53.3 Å². The molecule has 4 aromatic rings. The molecule has 4 rings (SSSR count). The molecule has 10 heteroatoms. The molecule has 1 N–H and O–H groups in total. The van der Waals surface area contributed by atoms with Crippen molar-refractivity contribution in [2.45, 2.75) is 39.0 Å². The Hall–Kier alpha value is -3.59. The highest BCUT2D eigenvalue weighted by molar-refractivity contribution is 6.30.